The van der Waals surface area contributed by atoms with Gasteiger partial charge in [0.15, 0.2) is 0 Å². The topological polar surface area (TPSA) is 62.3 Å². The van der Waals surface area contributed by atoms with Gasteiger partial charge in [-0.15, -0.1) is 0 Å². The highest BCUT2D eigenvalue weighted by Crippen LogP contribution is 2.23. The highest BCUT2D eigenvalue weighted by atomic mass is 32.2. The maximum atomic E-state index is 12.9. The van der Waals surface area contributed by atoms with Crippen molar-refractivity contribution in [2.45, 2.75) is 17.4 Å². The third-order valence-corrected chi connectivity index (χ3v) is 6.25. The van der Waals surface area contributed by atoms with Gasteiger partial charge < -0.3 is 4.90 Å². The summed E-state index contributed by atoms with van der Waals surface area (Å²) in [5.74, 6) is 0.880. The second-order valence-corrected chi connectivity index (χ2v) is 8.35. The van der Waals surface area contributed by atoms with Crippen LogP contribution in [0, 0.1) is 0 Å². The fourth-order valence-electron chi connectivity index (χ4n) is 3.37. The molecular formula is C21H21N3O2S. The molecule has 1 fully saturated rings. The molecule has 1 atom stereocenters. The van der Waals surface area contributed by atoms with E-state index >= 15 is 0 Å². The highest BCUT2D eigenvalue weighted by Gasteiger charge is 2.28. The Morgan fingerprint density at radius 1 is 0.926 bits per heavy atom. The number of pyridine rings is 1. The van der Waals surface area contributed by atoms with Gasteiger partial charge in [0.2, 0.25) is 10.0 Å². The van der Waals surface area contributed by atoms with Crippen molar-refractivity contribution in [2.75, 3.05) is 18.0 Å². The van der Waals surface area contributed by atoms with Crippen LogP contribution in [0.3, 0.4) is 0 Å². The molecule has 1 aliphatic heterocycles. The van der Waals surface area contributed by atoms with Gasteiger partial charge in [0.25, 0.3) is 0 Å². The van der Waals surface area contributed by atoms with Crippen LogP contribution in [0.4, 0.5) is 5.82 Å². The molecular weight excluding hydrogens is 358 g/mol. The van der Waals surface area contributed by atoms with Gasteiger partial charge in [0.1, 0.15) is 5.82 Å². The van der Waals surface area contributed by atoms with Crippen LogP contribution in [0.1, 0.15) is 6.42 Å². The third kappa shape index (κ3) is 4.02. The summed E-state index contributed by atoms with van der Waals surface area (Å²) in [7, 11) is -3.58. The molecule has 138 valence electrons. The Labute approximate surface area is 159 Å². The summed E-state index contributed by atoms with van der Waals surface area (Å²) in [4.78, 5) is 6.74. The fraction of sp³-hybridized carbons (Fsp3) is 0.190. The average molecular weight is 379 g/mol. The first-order valence-corrected chi connectivity index (χ1v) is 10.4. The van der Waals surface area contributed by atoms with Gasteiger partial charge in [0, 0.05) is 25.3 Å². The van der Waals surface area contributed by atoms with Crippen molar-refractivity contribution in [3.63, 3.8) is 0 Å². The monoisotopic (exact) mass is 379 g/mol. The quantitative estimate of drug-likeness (QED) is 0.739. The Bertz CT molecular complexity index is 1010. The lowest BCUT2D eigenvalue weighted by atomic mass is 10.1. The maximum absolute atomic E-state index is 12.9. The van der Waals surface area contributed by atoms with Gasteiger partial charge >= 0.3 is 0 Å². The van der Waals surface area contributed by atoms with E-state index in [1.807, 2.05) is 54.6 Å². The summed E-state index contributed by atoms with van der Waals surface area (Å²) in [5, 5.41) is 0. The highest BCUT2D eigenvalue weighted by molar-refractivity contribution is 7.89. The fourth-order valence-corrected chi connectivity index (χ4v) is 4.67. The van der Waals surface area contributed by atoms with E-state index in [0.29, 0.717) is 11.4 Å². The summed E-state index contributed by atoms with van der Waals surface area (Å²) >= 11 is 0. The van der Waals surface area contributed by atoms with Gasteiger partial charge in [-0.3, -0.25) is 0 Å². The molecule has 2 aromatic carbocycles. The summed E-state index contributed by atoms with van der Waals surface area (Å²) in [6.45, 7) is 1.41. The minimum atomic E-state index is -3.58. The van der Waals surface area contributed by atoms with Gasteiger partial charge in [0.05, 0.1) is 4.90 Å². The summed E-state index contributed by atoms with van der Waals surface area (Å²) in [6, 6.07) is 22.5. The lowest BCUT2D eigenvalue weighted by Gasteiger charge is -2.18. The normalized spacial score (nSPS) is 17.2. The lowest BCUT2D eigenvalue weighted by Crippen LogP contribution is -2.37. The first-order valence-electron chi connectivity index (χ1n) is 8.96. The molecule has 1 saturated heterocycles. The van der Waals surface area contributed by atoms with E-state index < -0.39 is 10.0 Å². The molecule has 3 aromatic rings. The molecule has 2 heterocycles. The number of hydrogen-bond donors (Lipinski definition) is 1. The molecule has 1 aliphatic rings. The van der Waals surface area contributed by atoms with Crippen molar-refractivity contribution < 1.29 is 8.42 Å². The predicted octanol–water partition coefficient (Wildman–Crippen LogP) is 3.31. The second-order valence-electron chi connectivity index (χ2n) is 6.63. The van der Waals surface area contributed by atoms with Gasteiger partial charge in [-0.1, -0.05) is 48.5 Å². The molecule has 5 nitrogen and oxygen atoms in total. The number of aromatic nitrogens is 1. The summed E-state index contributed by atoms with van der Waals surface area (Å²) in [5.41, 5.74) is 1.89. The smallest absolute Gasteiger partial charge is 0.240 e. The van der Waals surface area contributed by atoms with Gasteiger partial charge in [-0.25, -0.2) is 18.1 Å². The minimum absolute atomic E-state index is 0.127. The maximum Gasteiger partial charge on any atom is 0.240 e. The molecule has 0 aliphatic carbocycles. The Morgan fingerprint density at radius 3 is 2.48 bits per heavy atom. The van der Waals surface area contributed by atoms with Crippen LogP contribution in [0.2, 0.25) is 0 Å². The van der Waals surface area contributed by atoms with Crippen LogP contribution < -0.4 is 9.62 Å². The Morgan fingerprint density at radius 2 is 1.70 bits per heavy atom. The molecule has 27 heavy (non-hydrogen) atoms. The molecule has 0 bridgehead atoms. The Hall–Kier alpha value is -2.70. The van der Waals surface area contributed by atoms with Crippen molar-refractivity contribution in [1.82, 2.24) is 9.71 Å². The number of benzene rings is 2. The number of sulfonamides is 1. The van der Waals surface area contributed by atoms with Crippen molar-refractivity contribution in [2.24, 2.45) is 0 Å². The zero-order chi connectivity index (χ0) is 18.7. The zero-order valence-electron chi connectivity index (χ0n) is 14.8. The molecule has 0 radical (unpaired) electrons. The lowest BCUT2D eigenvalue weighted by molar-refractivity contribution is 0.561. The van der Waals surface area contributed by atoms with Crippen LogP contribution >= 0.6 is 0 Å². The molecule has 1 aromatic heterocycles. The van der Waals surface area contributed by atoms with Gasteiger partial charge in [-0.2, -0.15) is 0 Å². The molecule has 0 saturated carbocycles. The third-order valence-electron chi connectivity index (χ3n) is 4.73. The zero-order valence-corrected chi connectivity index (χ0v) is 15.6. The molecule has 1 N–H and O–H groups in total. The van der Waals surface area contributed by atoms with Crippen LogP contribution in [0.25, 0.3) is 11.1 Å². The SMILES string of the molecule is O=S(=O)(NC1CCN(c2ccccn2)C1)c1cccc(-c2ccccc2)c1. The van der Waals surface area contributed by atoms with E-state index in [4.69, 9.17) is 0 Å². The van der Waals surface area contributed by atoms with E-state index in [0.717, 1.165) is 29.9 Å². The van der Waals surface area contributed by atoms with E-state index in [9.17, 15) is 8.42 Å². The van der Waals surface area contributed by atoms with Crippen LogP contribution in [-0.2, 0) is 10.0 Å². The standard InChI is InChI=1S/C21H21N3O2S/c25-27(26,20-10-6-9-18(15-20)17-7-2-1-3-8-17)23-19-12-14-24(16-19)21-11-4-5-13-22-21/h1-11,13,15,19,23H,12,14,16H2. The second kappa shape index (κ2) is 7.50. The van der Waals surface area contributed by atoms with E-state index in [1.54, 1.807) is 24.4 Å². The van der Waals surface area contributed by atoms with E-state index in [1.165, 1.54) is 0 Å². The van der Waals surface area contributed by atoms with E-state index in [2.05, 4.69) is 14.6 Å². The number of nitrogens with zero attached hydrogens (tertiary/aromatic N) is 2. The molecule has 0 amide bonds. The van der Waals surface area contributed by atoms with Gasteiger partial charge in [-0.05, 0) is 41.8 Å². The van der Waals surface area contributed by atoms with Crippen LogP contribution in [-0.4, -0.2) is 32.5 Å². The van der Waals surface area contributed by atoms with Crippen molar-refractivity contribution in [3.05, 3.63) is 79.0 Å². The number of rotatable bonds is 5. The first-order chi connectivity index (χ1) is 13.1. The molecule has 0 spiro atoms. The van der Waals surface area contributed by atoms with Crippen molar-refractivity contribution in [3.8, 4) is 11.1 Å². The summed E-state index contributed by atoms with van der Waals surface area (Å²) < 4.78 is 28.6. The Kier molecular flexibility index (Phi) is 4.92. The average Bonchev–Trinajstić information content (AvgIpc) is 3.17. The predicted molar refractivity (Wildman–Crippen MR) is 107 cm³/mol. The summed E-state index contributed by atoms with van der Waals surface area (Å²) in [6.07, 6.45) is 2.51. The largest absolute Gasteiger partial charge is 0.355 e. The minimum Gasteiger partial charge on any atom is -0.355 e. The van der Waals surface area contributed by atoms with E-state index in [-0.39, 0.29) is 6.04 Å². The molecule has 4 rings (SSSR count). The number of hydrogen-bond acceptors (Lipinski definition) is 4. The van der Waals surface area contributed by atoms with Crippen molar-refractivity contribution in [1.29, 1.82) is 0 Å². The number of anilines is 1. The number of nitrogens with one attached hydrogen (secondary N) is 1. The first kappa shape index (κ1) is 17.7. The van der Waals surface area contributed by atoms with Crippen LogP contribution in [0.15, 0.2) is 83.9 Å². The van der Waals surface area contributed by atoms with Crippen molar-refractivity contribution >= 4 is 15.8 Å². The molecule has 6 heteroatoms. The molecule has 1 unspecified atom stereocenters. The van der Waals surface area contributed by atoms with Crippen LogP contribution in [0.5, 0.6) is 0 Å². The Balaban J connectivity index is 1.50.